The lowest BCUT2D eigenvalue weighted by atomic mass is 10.1. The third-order valence-electron chi connectivity index (χ3n) is 3.20. The van der Waals surface area contributed by atoms with Crippen molar-refractivity contribution in [3.8, 4) is 0 Å². The number of carbonyl (C=O) groups is 2. The predicted octanol–water partition coefficient (Wildman–Crippen LogP) is 0.747. The summed E-state index contributed by atoms with van der Waals surface area (Å²) in [6, 6.07) is 8.80. The van der Waals surface area contributed by atoms with E-state index in [0.717, 1.165) is 5.69 Å². The number of amides is 1. The van der Waals surface area contributed by atoms with E-state index in [4.69, 9.17) is 12.2 Å². The summed E-state index contributed by atoms with van der Waals surface area (Å²) >= 11 is 5.36. The van der Waals surface area contributed by atoms with Crippen molar-refractivity contribution in [2.75, 3.05) is 25.5 Å². The molecule has 112 valence electrons. The van der Waals surface area contributed by atoms with E-state index in [-0.39, 0.29) is 12.3 Å². The second-order valence-corrected chi connectivity index (χ2v) is 4.96. The van der Waals surface area contributed by atoms with Gasteiger partial charge in [-0.15, -0.1) is 0 Å². The molecule has 0 bridgehead atoms. The molecule has 1 heterocycles. The molecular weight excluding hydrogens is 290 g/mol. The number of nitrogens with one attached hydrogen (secondary N) is 2. The smallest absolute Gasteiger partial charge is 0.308 e. The maximum absolute atomic E-state index is 12.0. The van der Waals surface area contributed by atoms with E-state index in [0.29, 0.717) is 18.2 Å². The van der Waals surface area contributed by atoms with Gasteiger partial charge in [0, 0.05) is 18.8 Å². The molecule has 2 N–H and O–H groups in total. The first-order valence-electron chi connectivity index (χ1n) is 6.59. The normalized spacial score (nSPS) is 17.9. The van der Waals surface area contributed by atoms with Crippen molar-refractivity contribution in [2.45, 2.75) is 12.5 Å². The average molecular weight is 307 g/mol. The molecule has 1 aliphatic rings. The molecule has 7 heteroatoms. The molecule has 21 heavy (non-hydrogen) atoms. The molecule has 1 aromatic carbocycles. The summed E-state index contributed by atoms with van der Waals surface area (Å²) in [7, 11) is 1.30. The molecule has 1 saturated heterocycles. The molecule has 0 aromatic heterocycles. The monoisotopic (exact) mass is 307 g/mol. The van der Waals surface area contributed by atoms with Crippen molar-refractivity contribution < 1.29 is 14.3 Å². The zero-order valence-corrected chi connectivity index (χ0v) is 12.5. The highest BCUT2D eigenvalue weighted by atomic mass is 32.1. The number of hydrogen-bond donors (Lipinski definition) is 2. The number of nitrogens with zero attached hydrogens (tertiary/aromatic N) is 1. The van der Waals surface area contributed by atoms with Gasteiger partial charge in [-0.2, -0.15) is 0 Å². The van der Waals surface area contributed by atoms with Crippen molar-refractivity contribution in [3.63, 3.8) is 0 Å². The van der Waals surface area contributed by atoms with Gasteiger partial charge < -0.3 is 20.3 Å². The second-order valence-electron chi connectivity index (χ2n) is 4.58. The number of para-hydroxylation sites is 1. The highest BCUT2D eigenvalue weighted by molar-refractivity contribution is 7.80. The van der Waals surface area contributed by atoms with E-state index in [2.05, 4.69) is 15.4 Å². The molecule has 1 fully saturated rings. The first-order chi connectivity index (χ1) is 10.1. The lowest BCUT2D eigenvalue weighted by Gasteiger charge is -2.36. The topological polar surface area (TPSA) is 70.7 Å². The Kier molecular flexibility index (Phi) is 5.10. The van der Waals surface area contributed by atoms with Crippen molar-refractivity contribution in [3.05, 3.63) is 30.3 Å². The maximum atomic E-state index is 12.0. The minimum atomic E-state index is -0.644. The SMILES string of the molecule is COC(=O)C[C@H]1C(=O)NCCN1C(=S)Nc1ccccc1. The summed E-state index contributed by atoms with van der Waals surface area (Å²) in [5, 5.41) is 6.23. The average Bonchev–Trinajstić information content (AvgIpc) is 2.50. The van der Waals surface area contributed by atoms with Crippen molar-refractivity contribution >= 4 is 34.9 Å². The number of ether oxygens (including phenoxy) is 1. The standard InChI is InChI=1S/C14H17N3O3S/c1-20-12(18)9-11-13(19)15-7-8-17(11)14(21)16-10-5-3-2-4-6-10/h2-6,11H,7-9H2,1H3,(H,15,19)(H,16,21)/t11-/m0/s1. The van der Waals surface area contributed by atoms with E-state index in [1.807, 2.05) is 30.3 Å². The zero-order chi connectivity index (χ0) is 15.2. The molecule has 2 rings (SSSR count). The molecule has 0 aliphatic carbocycles. The summed E-state index contributed by atoms with van der Waals surface area (Å²) in [5.74, 6) is -0.659. The summed E-state index contributed by atoms with van der Waals surface area (Å²) in [4.78, 5) is 25.1. The van der Waals surface area contributed by atoms with Gasteiger partial charge >= 0.3 is 5.97 Å². The fourth-order valence-electron chi connectivity index (χ4n) is 2.12. The summed E-state index contributed by atoms with van der Waals surface area (Å²) in [6.07, 6.45) is -0.0288. The number of carbonyl (C=O) groups excluding carboxylic acids is 2. The number of benzene rings is 1. The van der Waals surface area contributed by atoms with Crippen molar-refractivity contribution in [2.24, 2.45) is 0 Å². The number of thiocarbonyl (C=S) groups is 1. The minimum Gasteiger partial charge on any atom is -0.469 e. The first-order valence-corrected chi connectivity index (χ1v) is 7.00. The van der Waals surface area contributed by atoms with E-state index in [1.165, 1.54) is 7.11 Å². The molecule has 0 spiro atoms. The van der Waals surface area contributed by atoms with E-state index < -0.39 is 12.0 Å². The van der Waals surface area contributed by atoms with Gasteiger partial charge in [0.25, 0.3) is 0 Å². The van der Waals surface area contributed by atoms with Crippen LogP contribution in [0.1, 0.15) is 6.42 Å². The maximum Gasteiger partial charge on any atom is 0.308 e. The number of methoxy groups -OCH3 is 1. The predicted molar refractivity (Wildman–Crippen MR) is 82.8 cm³/mol. The van der Waals surface area contributed by atoms with Crippen LogP contribution in [-0.4, -0.2) is 48.1 Å². The summed E-state index contributed by atoms with van der Waals surface area (Å²) < 4.78 is 4.64. The Balaban J connectivity index is 2.08. The number of esters is 1. The molecule has 1 aliphatic heterocycles. The molecule has 0 saturated carbocycles. The summed E-state index contributed by atoms with van der Waals surface area (Å²) in [6.45, 7) is 1.04. The van der Waals surface area contributed by atoms with Crippen LogP contribution in [0.5, 0.6) is 0 Å². The van der Waals surface area contributed by atoms with Gasteiger partial charge in [0.05, 0.1) is 13.5 Å². The number of piperazine rings is 1. The Morgan fingerprint density at radius 1 is 1.48 bits per heavy atom. The Labute approximate surface area is 128 Å². The molecule has 0 radical (unpaired) electrons. The van der Waals surface area contributed by atoms with Crippen molar-refractivity contribution in [1.29, 1.82) is 0 Å². The fraction of sp³-hybridized carbons (Fsp3) is 0.357. The first kappa shape index (κ1) is 15.2. The highest BCUT2D eigenvalue weighted by Crippen LogP contribution is 2.13. The third-order valence-corrected chi connectivity index (χ3v) is 3.54. The summed E-state index contributed by atoms with van der Waals surface area (Å²) in [5.41, 5.74) is 0.838. The quantitative estimate of drug-likeness (QED) is 0.634. The van der Waals surface area contributed by atoms with Crippen LogP contribution in [0, 0.1) is 0 Å². The van der Waals surface area contributed by atoms with Crippen LogP contribution in [0.4, 0.5) is 5.69 Å². The van der Waals surface area contributed by atoms with Gasteiger partial charge in [-0.05, 0) is 24.4 Å². The van der Waals surface area contributed by atoms with Crippen LogP contribution in [0.15, 0.2) is 30.3 Å². The minimum absolute atomic E-state index is 0.0288. The molecule has 1 atom stereocenters. The van der Waals surface area contributed by atoms with E-state index in [1.54, 1.807) is 4.90 Å². The molecule has 1 amide bonds. The number of rotatable bonds is 3. The molecule has 1 aromatic rings. The zero-order valence-electron chi connectivity index (χ0n) is 11.7. The van der Waals surface area contributed by atoms with Crippen LogP contribution in [0.2, 0.25) is 0 Å². The lowest BCUT2D eigenvalue weighted by Crippen LogP contribution is -2.58. The van der Waals surface area contributed by atoms with Gasteiger partial charge in [-0.3, -0.25) is 9.59 Å². The van der Waals surface area contributed by atoms with Gasteiger partial charge in [0.1, 0.15) is 6.04 Å². The number of hydrogen-bond acceptors (Lipinski definition) is 4. The Hall–Kier alpha value is -2.15. The van der Waals surface area contributed by atoms with E-state index >= 15 is 0 Å². The molecule has 6 nitrogen and oxygen atoms in total. The third kappa shape index (κ3) is 3.91. The largest absolute Gasteiger partial charge is 0.469 e. The number of anilines is 1. The lowest BCUT2D eigenvalue weighted by molar-refractivity contribution is -0.144. The second kappa shape index (κ2) is 7.03. The van der Waals surface area contributed by atoms with Crippen LogP contribution < -0.4 is 10.6 Å². The fourth-order valence-corrected chi connectivity index (χ4v) is 2.46. The van der Waals surface area contributed by atoms with Gasteiger partial charge in [0.2, 0.25) is 5.91 Å². The molecular formula is C14H17N3O3S. The van der Waals surface area contributed by atoms with Gasteiger partial charge in [-0.25, -0.2) is 0 Å². The van der Waals surface area contributed by atoms with Crippen LogP contribution >= 0.6 is 12.2 Å². The Morgan fingerprint density at radius 2 is 2.19 bits per heavy atom. The van der Waals surface area contributed by atoms with Crippen LogP contribution in [0.3, 0.4) is 0 Å². The van der Waals surface area contributed by atoms with Crippen LogP contribution in [0.25, 0.3) is 0 Å². The Morgan fingerprint density at radius 3 is 2.86 bits per heavy atom. The van der Waals surface area contributed by atoms with Gasteiger partial charge in [0.15, 0.2) is 5.11 Å². The van der Waals surface area contributed by atoms with E-state index in [9.17, 15) is 9.59 Å². The highest BCUT2D eigenvalue weighted by Gasteiger charge is 2.33. The van der Waals surface area contributed by atoms with Crippen LogP contribution in [-0.2, 0) is 14.3 Å². The Bertz CT molecular complexity index is 536. The molecule has 0 unspecified atom stereocenters. The van der Waals surface area contributed by atoms with Gasteiger partial charge in [-0.1, -0.05) is 18.2 Å². The van der Waals surface area contributed by atoms with Crippen molar-refractivity contribution in [1.82, 2.24) is 10.2 Å².